The van der Waals surface area contributed by atoms with E-state index in [0.29, 0.717) is 0 Å². The van der Waals surface area contributed by atoms with Crippen LogP contribution in [0.3, 0.4) is 0 Å². The van der Waals surface area contributed by atoms with Crippen LogP contribution in [0.15, 0.2) is 213 Å². The Balaban J connectivity index is 1.24. The van der Waals surface area contributed by atoms with E-state index in [0.717, 1.165) is 39.5 Å². The minimum Gasteiger partial charge on any atom is -0.477 e. The van der Waals surface area contributed by atoms with Crippen molar-refractivity contribution in [3.8, 4) is 33.6 Å². The Morgan fingerprint density at radius 2 is 0.867 bits per heavy atom. The van der Waals surface area contributed by atoms with E-state index in [1.807, 2.05) is 12.5 Å². The summed E-state index contributed by atoms with van der Waals surface area (Å²) in [6.45, 7) is 0. The molecule has 0 saturated heterocycles. The number of hydrogen-bond acceptors (Lipinski definition) is 1. The van der Waals surface area contributed by atoms with Gasteiger partial charge in [-0.05, 0) is 75.9 Å². The van der Waals surface area contributed by atoms with Crippen LogP contribution in [0.4, 0.5) is 5.69 Å². The average molecular weight is 767 g/mol. The van der Waals surface area contributed by atoms with Crippen molar-refractivity contribution in [3.63, 3.8) is 0 Å². The molecule has 2 aromatic heterocycles. The standard InChI is InChI=1S/C56H36N3O/c1-2-16-36(17-3-1)57-32-33-60-54-35-46-38-19-5-4-18-37(38)43-24-14-30-51(58-47-26-10-6-20-39(47)40-21-7-11-27-48(40)58)55(43)56-44(45(46)34-53(54)57)25-15-31-52(56)59-49-28-12-8-22-41(49)42-23-9-13-29-50(42)59/h1-35,54H/q+1. The predicted octanol–water partition coefficient (Wildman–Crippen LogP) is 13.7. The number of para-hydroxylation sites is 5. The van der Waals surface area contributed by atoms with Gasteiger partial charge in [0.05, 0.1) is 33.4 Å². The molecule has 0 spiro atoms. The molecule has 280 valence electrons. The molecule has 0 fully saturated rings. The van der Waals surface area contributed by atoms with E-state index in [9.17, 15) is 0 Å². The normalized spacial score (nSPS) is 15.4. The summed E-state index contributed by atoms with van der Waals surface area (Å²) in [5, 5.41) is 4.94. The van der Waals surface area contributed by atoms with E-state index in [-0.39, 0.29) is 6.10 Å². The van der Waals surface area contributed by atoms with Crippen LogP contribution in [0.5, 0.6) is 0 Å². The Morgan fingerprint density at radius 1 is 0.400 bits per heavy atom. The van der Waals surface area contributed by atoms with Crippen molar-refractivity contribution < 1.29 is 9.31 Å². The van der Waals surface area contributed by atoms with Gasteiger partial charge in [0, 0.05) is 50.9 Å². The predicted molar refractivity (Wildman–Crippen MR) is 247 cm³/mol. The summed E-state index contributed by atoms with van der Waals surface area (Å²) in [5.74, 6) is 0. The molecule has 3 heterocycles. The van der Waals surface area contributed by atoms with Crippen molar-refractivity contribution in [2.24, 2.45) is 0 Å². The van der Waals surface area contributed by atoms with Gasteiger partial charge in [-0.2, -0.15) is 4.58 Å². The van der Waals surface area contributed by atoms with Gasteiger partial charge in [0.1, 0.15) is 6.26 Å². The van der Waals surface area contributed by atoms with E-state index < -0.39 is 0 Å². The number of aromatic nitrogens is 2. The van der Waals surface area contributed by atoms with Crippen LogP contribution in [-0.4, -0.2) is 25.5 Å². The molecule has 0 amide bonds. The molecule has 60 heavy (non-hydrogen) atoms. The van der Waals surface area contributed by atoms with Gasteiger partial charge in [-0.1, -0.05) is 140 Å². The molecular weight excluding hydrogens is 731 g/mol. The molecule has 8 aromatic carbocycles. The molecule has 10 aromatic rings. The van der Waals surface area contributed by atoms with Gasteiger partial charge in [0.2, 0.25) is 23.7 Å². The van der Waals surface area contributed by atoms with Gasteiger partial charge in [-0.25, -0.2) is 0 Å². The maximum atomic E-state index is 6.47. The summed E-state index contributed by atoms with van der Waals surface area (Å²) in [7, 11) is 0. The molecule has 2 aliphatic carbocycles. The highest BCUT2D eigenvalue weighted by Gasteiger charge is 2.37. The summed E-state index contributed by atoms with van der Waals surface area (Å²) in [5.41, 5.74) is 18.6. The van der Waals surface area contributed by atoms with Crippen LogP contribution in [0.1, 0.15) is 11.1 Å². The molecule has 4 heteroatoms. The number of nitrogens with zero attached hydrogens (tertiary/aromatic N) is 3. The SMILES string of the molecule is C1=C[N+](c2ccccc2)=C2C=C3C(=CC2O1)c1ccccc1-c1cccc(-n2c4ccccc4c4ccccc42)c1-c1c3cccc1-n1c2ccccc2c2ccccc21. The first kappa shape index (κ1) is 33.1. The molecule has 1 aliphatic heterocycles. The fourth-order valence-electron chi connectivity index (χ4n) is 10.2. The fourth-order valence-corrected chi connectivity index (χ4v) is 10.2. The Bertz CT molecular complexity index is 3470. The topological polar surface area (TPSA) is 22.1 Å². The van der Waals surface area contributed by atoms with Crippen molar-refractivity contribution in [3.05, 3.63) is 224 Å². The molecule has 0 bridgehead atoms. The second-order valence-electron chi connectivity index (χ2n) is 15.8. The van der Waals surface area contributed by atoms with Crippen LogP contribution in [0, 0.1) is 0 Å². The second-order valence-corrected chi connectivity index (χ2v) is 15.8. The zero-order valence-electron chi connectivity index (χ0n) is 32.5. The van der Waals surface area contributed by atoms with Crippen LogP contribution >= 0.6 is 0 Å². The van der Waals surface area contributed by atoms with Crippen molar-refractivity contribution in [1.29, 1.82) is 0 Å². The van der Waals surface area contributed by atoms with Crippen LogP contribution in [0.25, 0.3) is 88.4 Å². The lowest BCUT2D eigenvalue weighted by Gasteiger charge is -2.31. The number of rotatable bonds is 3. The molecular formula is C56H36N3O+. The largest absolute Gasteiger partial charge is 0.477 e. The van der Waals surface area contributed by atoms with Crippen LogP contribution in [0.2, 0.25) is 0 Å². The van der Waals surface area contributed by atoms with Gasteiger partial charge in [0.25, 0.3) is 0 Å². The van der Waals surface area contributed by atoms with E-state index >= 15 is 0 Å². The Labute approximate surface area is 346 Å². The van der Waals surface area contributed by atoms with Crippen molar-refractivity contribution in [1.82, 2.24) is 9.13 Å². The molecule has 13 rings (SSSR count). The van der Waals surface area contributed by atoms with Gasteiger partial charge in [-0.3, -0.25) is 0 Å². The maximum absolute atomic E-state index is 6.47. The van der Waals surface area contributed by atoms with Crippen LogP contribution in [-0.2, 0) is 4.74 Å². The van der Waals surface area contributed by atoms with Gasteiger partial charge >= 0.3 is 0 Å². The highest BCUT2D eigenvalue weighted by Crippen LogP contribution is 2.53. The summed E-state index contributed by atoms with van der Waals surface area (Å²) >= 11 is 0. The van der Waals surface area contributed by atoms with Gasteiger partial charge in [0.15, 0.2) is 0 Å². The summed E-state index contributed by atoms with van der Waals surface area (Å²) in [6, 6.07) is 68.6. The summed E-state index contributed by atoms with van der Waals surface area (Å²) in [4.78, 5) is 0. The first-order chi connectivity index (χ1) is 29.8. The summed E-state index contributed by atoms with van der Waals surface area (Å²) < 4.78 is 13.7. The lowest BCUT2D eigenvalue weighted by atomic mass is 9.75. The highest BCUT2D eigenvalue weighted by molar-refractivity contribution is 6.23. The van der Waals surface area contributed by atoms with Gasteiger partial charge in [-0.15, -0.1) is 0 Å². The zero-order chi connectivity index (χ0) is 39.3. The highest BCUT2D eigenvalue weighted by atomic mass is 16.5. The monoisotopic (exact) mass is 766 g/mol. The molecule has 0 saturated carbocycles. The molecule has 1 unspecified atom stereocenters. The zero-order valence-corrected chi connectivity index (χ0v) is 32.5. The first-order valence-electron chi connectivity index (χ1n) is 20.6. The van der Waals surface area contributed by atoms with E-state index in [1.54, 1.807) is 0 Å². The third-order valence-electron chi connectivity index (χ3n) is 12.7. The minimum atomic E-state index is -0.270. The van der Waals surface area contributed by atoms with E-state index in [4.69, 9.17) is 4.74 Å². The van der Waals surface area contributed by atoms with Crippen LogP contribution < -0.4 is 0 Å². The lowest BCUT2D eigenvalue weighted by Crippen LogP contribution is -2.31. The second kappa shape index (κ2) is 12.8. The maximum Gasteiger partial charge on any atom is 0.233 e. The van der Waals surface area contributed by atoms with Crippen molar-refractivity contribution >= 4 is 66.2 Å². The van der Waals surface area contributed by atoms with E-state index in [2.05, 4.69) is 214 Å². The number of fused-ring (bicyclic) bond motifs is 15. The van der Waals surface area contributed by atoms with Crippen molar-refractivity contribution in [2.75, 3.05) is 0 Å². The Kier molecular flexibility index (Phi) is 7.04. The molecule has 0 N–H and O–H groups in total. The number of ether oxygens (including phenoxy) is 1. The average Bonchev–Trinajstić information content (AvgIpc) is 3.83. The van der Waals surface area contributed by atoms with E-state index in [1.165, 1.54) is 71.4 Å². The smallest absolute Gasteiger partial charge is 0.233 e. The minimum absolute atomic E-state index is 0.270. The number of benzene rings is 8. The number of allylic oxidation sites excluding steroid dienone is 2. The molecule has 1 atom stereocenters. The quantitative estimate of drug-likeness (QED) is 0.164. The third kappa shape index (κ3) is 4.64. The number of hydrogen-bond donors (Lipinski definition) is 0. The first-order valence-corrected chi connectivity index (χ1v) is 20.6. The fraction of sp³-hybridized carbons (Fsp3) is 0.0179. The third-order valence-corrected chi connectivity index (χ3v) is 12.7. The molecule has 4 nitrogen and oxygen atoms in total. The molecule has 3 aliphatic rings. The summed E-state index contributed by atoms with van der Waals surface area (Å²) in [6.07, 6.45) is 8.32. The molecule has 0 radical (unpaired) electrons. The Hall–Kier alpha value is -7.95. The lowest BCUT2D eigenvalue weighted by molar-refractivity contribution is -0.370. The van der Waals surface area contributed by atoms with Crippen molar-refractivity contribution in [2.45, 2.75) is 6.10 Å². The Morgan fingerprint density at radius 3 is 1.45 bits per heavy atom. The van der Waals surface area contributed by atoms with Gasteiger partial charge < -0.3 is 13.9 Å².